The van der Waals surface area contributed by atoms with Gasteiger partial charge in [0.25, 0.3) is 0 Å². The second kappa shape index (κ2) is 2.24. The Morgan fingerprint density at radius 2 is 2.56 bits per heavy atom. The number of nitrogens with one attached hydrogen (secondary N) is 1. The normalized spacial score (nSPS) is 25.8. The molecule has 1 unspecified atom stereocenters. The number of carboxylic acids is 1. The minimum Gasteiger partial charge on any atom is -0.479 e. The standard InChI is InChI=1S/C3H3NO4S/c5-2(6)1-4-8-3(7)9-1/h1,4H,(H,5,6). The smallest absolute Gasteiger partial charge is 0.388 e. The summed E-state index contributed by atoms with van der Waals surface area (Å²) in [5.41, 5.74) is 2.02. The van der Waals surface area contributed by atoms with Crippen LogP contribution < -0.4 is 5.48 Å². The lowest BCUT2D eigenvalue weighted by atomic mass is 10.7. The Balaban J connectivity index is 2.48. The molecule has 0 aliphatic carbocycles. The molecule has 0 aromatic rings. The van der Waals surface area contributed by atoms with E-state index in [-0.39, 0.29) is 0 Å². The summed E-state index contributed by atoms with van der Waals surface area (Å²) in [4.78, 5) is 24.3. The van der Waals surface area contributed by atoms with Crippen molar-refractivity contribution in [3.63, 3.8) is 0 Å². The summed E-state index contributed by atoms with van der Waals surface area (Å²) in [5, 5.41) is 6.66. The van der Waals surface area contributed by atoms with E-state index in [9.17, 15) is 9.59 Å². The van der Waals surface area contributed by atoms with E-state index in [2.05, 4.69) is 4.84 Å². The number of hydrogen-bond donors (Lipinski definition) is 2. The maximum atomic E-state index is 10.2. The second-order valence-corrected chi connectivity index (χ2v) is 2.35. The van der Waals surface area contributed by atoms with Crippen LogP contribution >= 0.6 is 11.8 Å². The van der Waals surface area contributed by atoms with Gasteiger partial charge in [-0.25, -0.2) is 9.59 Å². The van der Waals surface area contributed by atoms with Crippen LogP contribution in [0.2, 0.25) is 0 Å². The monoisotopic (exact) mass is 149 g/mol. The van der Waals surface area contributed by atoms with Crippen molar-refractivity contribution in [1.29, 1.82) is 0 Å². The molecule has 0 aromatic heterocycles. The lowest BCUT2D eigenvalue weighted by molar-refractivity contribution is -0.138. The van der Waals surface area contributed by atoms with Crippen molar-refractivity contribution in [3.05, 3.63) is 0 Å². The lowest BCUT2D eigenvalue weighted by Gasteiger charge is -1.94. The van der Waals surface area contributed by atoms with E-state index in [1.807, 2.05) is 5.48 Å². The number of aliphatic carboxylic acids is 1. The molecule has 0 aromatic carbocycles. The van der Waals surface area contributed by atoms with Crippen LogP contribution in [0.1, 0.15) is 0 Å². The quantitative estimate of drug-likeness (QED) is 0.537. The minimum absolute atomic E-state index is 0.602. The fraction of sp³-hybridized carbons (Fsp3) is 0.333. The highest BCUT2D eigenvalue weighted by molar-refractivity contribution is 8.14. The predicted molar refractivity (Wildman–Crippen MR) is 28.6 cm³/mol. The van der Waals surface area contributed by atoms with Crippen molar-refractivity contribution < 1.29 is 19.5 Å². The van der Waals surface area contributed by atoms with Gasteiger partial charge in [0.05, 0.1) is 0 Å². The zero-order valence-electron chi connectivity index (χ0n) is 4.16. The highest BCUT2D eigenvalue weighted by atomic mass is 32.2. The van der Waals surface area contributed by atoms with E-state index in [1.165, 1.54) is 0 Å². The Bertz CT molecular complexity index is 158. The van der Waals surface area contributed by atoms with Crippen LogP contribution in [0.5, 0.6) is 0 Å². The molecule has 1 aliphatic rings. The molecule has 1 saturated heterocycles. The topological polar surface area (TPSA) is 75.6 Å². The molecule has 1 rings (SSSR count). The third-order valence-corrected chi connectivity index (χ3v) is 1.50. The molecular formula is C3H3NO4S. The summed E-state index contributed by atoms with van der Waals surface area (Å²) in [6, 6.07) is 0. The average molecular weight is 149 g/mol. The van der Waals surface area contributed by atoms with Gasteiger partial charge in [-0.2, -0.15) is 0 Å². The molecule has 0 radical (unpaired) electrons. The molecule has 0 saturated carbocycles. The van der Waals surface area contributed by atoms with Gasteiger partial charge in [0.1, 0.15) is 0 Å². The molecule has 5 nitrogen and oxygen atoms in total. The molecule has 2 N–H and O–H groups in total. The van der Waals surface area contributed by atoms with E-state index in [4.69, 9.17) is 5.11 Å². The fourth-order valence-electron chi connectivity index (χ4n) is 0.347. The SMILES string of the molecule is O=C1ONC(C(=O)O)S1. The van der Waals surface area contributed by atoms with Gasteiger partial charge in [0.15, 0.2) is 5.37 Å². The molecule has 9 heavy (non-hydrogen) atoms. The van der Waals surface area contributed by atoms with Crippen LogP contribution in [0.3, 0.4) is 0 Å². The molecule has 0 spiro atoms. The van der Waals surface area contributed by atoms with Crippen LogP contribution in [0.15, 0.2) is 0 Å². The highest BCUT2D eigenvalue weighted by Crippen LogP contribution is 2.17. The third kappa shape index (κ3) is 1.33. The fourth-order valence-corrected chi connectivity index (χ4v) is 0.833. The zero-order valence-corrected chi connectivity index (χ0v) is 4.97. The second-order valence-electron chi connectivity index (χ2n) is 1.31. The van der Waals surface area contributed by atoms with Gasteiger partial charge in [-0.1, -0.05) is 0 Å². The van der Waals surface area contributed by atoms with Gasteiger partial charge in [0, 0.05) is 0 Å². The first kappa shape index (κ1) is 6.37. The van der Waals surface area contributed by atoms with Gasteiger partial charge in [0.2, 0.25) is 0 Å². The lowest BCUT2D eigenvalue weighted by Crippen LogP contribution is -2.26. The Morgan fingerprint density at radius 1 is 1.89 bits per heavy atom. The largest absolute Gasteiger partial charge is 0.479 e. The minimum atomic E-state index is -1.11. The van der Waals surface area contributed by atoms with Gasteiger partial charge in [-0.3, -0.25) is 0 Å². The van der Waals surface area contributed by atoms with Crippen molar-refractivity contribution >= 4 is 23.0 Å². The van der Waals surface area contributed by atoms with Crippen LogP contribution in [0.25, 0.3) is 0 Å². The number of hydrogen-bond acceptors (Lipinski definition) is 5. The maximum absolute atomic E-state index is 10.2. The first-order chi connectivity index (χ1) is 4.20. The van der Waals surface area contributed by atoms with Crippen molar-refractivity contribution in [2.75, 3.05) is 0 Å². The Morgan fingerprint density at radius 3 is 2.78 bits per heavy atom. The number of rotatable bonds is 1. The van der Waals surface area contributed by atoms with Gasteiger partial charge >= 0.3 is 11.3 Å². The average Bonchev–Trinajstić information content (AvgIpc) is 2.14. The number of thioether (sulfide) groups is 1. The van der Waals surface area contributed by atoms with E-state index in [1.54, 1.807) is 0 Å². The number of hydroxylamine groups is 1. The van der Waals surface area contributed by atoms with Crippen LogP contribution in [0.4, 0.5) is 4.79 Å². The number of carboxylic acid groups (broad SMARTS) is 1. The molecule has 50 valence electrons. The van der Waals surface area contributed by atoms with Crippen LogP contribution in [-0.4, -0.2) is 21.8 Å². The molecule has 1 atom stereocenters. The molecule has 1 aliphatic heterocycles. The van der Waals surface area contributed by atoms with Crippen molar-refractivity contribution in [3.8, 4) is 0 Å². The predicted octanol–water partition coefficient (Wildman–Crippen LogP) is -0.215. The summed E-state index contributed by atoms with van der Waals surface area (Å²) in [7, 11) is 0. The third-order valence-electron chi connectivity index (χ3n) is 0.688. The van der Waals surface area contributed by atoms with E-state index in [0.29, 0.717) is 11.8 Å². The van der Waals surface area contributed by atoms with E-state index < -0.39 is 16.6 Å². The molecule has 0 amide bonds. The molecule has 1 fully saturated rings. The summed E-state index contributed by atoms with van der Waals surface area (Å²) >= 11 is 0.602. The Labute approximate surface area is 54.3 Å². The van der Waals surface area contributed by atoms with Crippen molar-refractivity contribution in [2.45, 2.75) is 5.37 Å². The van der Waals surface area contributed by atoms with Crippen molar-refractivity contribution in [2.24, 2.45) is 0 Å². The first-order valence-electron chi connectivity index (χ1n) is 2.06. The molecule has 1 heterocycles. The summed E-state index contributed by atoms with van der Waals surface area (Å²) in [5.74, 6) is -1.11. The summed E-state index contributed by atoms with van der Waals surface area (Å²) < 4.78 is 0. The molecular weight excluding hydrogens is 146 g/mol. The number of carbonyl (C=O) groups excluding carboxylic acids is 1. The zero-order chi connectivity index (χ0) is 6.85. The van der Waals surface area contributed by atoms with Crippen molar-refractivity contribution in [1.82, 2.24) is 5.48 Å². The maximum Gasteiger partial charge on any atom is 0.388 e. The molecule has 0 bridgehead atoms. The van der Waals surface area contributed by atoms with E-state index >= 15 is 0 Å². The first-order valence-corrected chi connectivity index (χ1v) is 2.94. The van der Waals surface area contributed by atoms with E-state index in [0.717, 1.165) is 0 Å². The Kier molecular flexibility index (Phi) is 1.58. The van der Waals surface area contributed by atoms with Crippen LogP contribution in [0, 0.1) is 0 Å². The Hall–Kier alpha value is -0.750. The van der Waals surface area contributed by atoms with Gasteiger partial charge in [-0.15, -0.1) is 5.48 Å². The summed E-state index contributed by atoms with van der Waals surface area (Å²) in [6.07, 6.45) is 0. The van der Waals surface area contributed by atoms with Gasteiger partial charge in [-0.05, 0) is 11.8 Å². The summed E-state index contributed by atoms with van der Waals surface area (Å²) in [6.45, 7) is 0. The van der Waals surface area contributed by atoms with Gasteiger partial charge < -0.3 is 9.94 Å². The highest BCUT2D eigenvalue weighted by Gasteiger charge is 2.30. The number of carbonyl (C=O) groups is 2. The molecule has 6 heteroatoms. The van der Waals surface area contributed by atoms with Crippen LogP contribution in [-0.2, 0) is 9.63 Å².